The Balaban J connectivity index is 1.96. The van der Waals surface area contributed by atoms with E-state index in [9.17, 15) is 4.79 Å². The van der Waals surface area contributed by atoms with E-state index in [1.54, 1.807) is 21.5 Å². The molecule has 0 radical (unpaired) electrons. The molecule has 7 heteroatoms. The fraction of sp³-hybridized carbons (Fsp3) is 0.176. The van der Waals surface area contributed by atoms with Gasteiger partial charge < -0.3 is 4.57 Å². The average molecular weight is 340 g/mol. The van der Waals surface area contributed by atoms with Gasteiger partial charge in [-0.1, -0.05) is 30.7 Å². The van der Waals surface area contributed by atoms with Crippen LogP contribution in [0, 0.1) is 0 Å². The van der Waals surface area contributed by atoms with E-state index in [1.165, 1.54) is 0 Å². The fourth-order valence-corrected chi connectivity index (χ4v) is 2.91. The summed E-state index contributed by atoms with van der Waals surface area (Å²) in [5.41, 5.74) is 3.23. The van der Waals surface area contributed by atoms with Crippen molar-refractivity contribution in [3.63, 3.8) is 0 Å². The number of benzene rings is 1. The molecular formula is C17H14ClN5O. The number of pyridine rings is 1. The monoisotopic (exact) mass is 339 g/mol. The highest BCUT2D eigenvalue weighted by molar-refractivity contribution is 6.30. The molecule has 3 heterocycles. The number of nitrogens with zero attached hydrogens (tertiary/aromatic N) is 5. The van der Waals surface area contributed by atoms with Crippen LogP contribution in [0.2, 0.25) is 5.02 Å². The molecule has 4 aromatic rings. The third-order valence-electron chi connectivity index (χ3n) is 3.95. The van der Waals surface area contributed by atoms with Gasteiger partial charge >= 0.3 is 0 Å². The summed E-state index contributed by atoms with van der Waals surface area (Å²) in [5, 5.41) is 13.5. The van der Waals surface area contributed by atoms with E-state index < -0.39 is 0 Å². The number of halogens is 1. The molecule has 0 amide bonds. The Hall–Kier alpha value is -2.73. The summed E-state index contributed by atoms with van der Waals surface area (Å²) in [5.74, 6) is 0. The van der Waals surface area contributed by atoms with Crippen LogP contribution in [0.1, 0.15) is 13.3 Å². The first-order valence-electron chi connectivity index (χ1n) is 7.68. The molecule has 0 spiro atoms. The van der Waals surface area contributed by atoms with Gasteiger partial charge in [-0.15, -0.1) is 10.2 Å². The Labute approximate surface area is 142 Å². The summed E-state index contributed by atoms with van der Waals surface area (Å²) in [6.07, 6.45) is 4.38. The molecule has 0 aliphatic rings. The van der Waals surface area contributed by atoms with Crippen molar-refractivity contribution in [2.75, 3.05) is 0 Å². The third-order valence-corrected chi connectivity index (χ3v) is 4.21. The lowest BCUT2D eigenvalue weighted by Gasteiger charge is -2.06. The zero-order valence-electron chi connectivity index (χ0n) is 13.0. The van der Waals surface area contributed by atoms with Crippen molar-refractivity contribution in [1.82, 2.24) is 24.4 Å². The first kappa shape index (κ1) is 14.8. The first-order valence-corrected chi connectivity index (χ1v) is 8.06. The van der Waals surface area contributed by atoms with Gasteiger partial charge in [0.15, 0.2) is 11.2 Å². The van der Waals surface area contributed by atoms with Gasteiger partial charge in [0.05, 0.1) is 6.20 Å². The highest BCUT2D eigenvalue weighted by Crippen LogP contribution is 2.25. The lowest BCUT2D eigenvalue weighted by molar-refractivity contribution is 0.656. The van der Waals surface area contributed by atoms with Crippen LogP contribution in [0.3, 0.4) is 0 Å². The molecule has 0 bridgehead atoms. The van der Waals surface area contributed by atoms with Gasteiger partial charge in [-0.25, -0.2) is 4.52 Å². The molecule has 0 N–H and O–H groups in total. The molecule has 0 fully saturated rings. The van der Waals surface area contributed by atoms with Crippen LogP contribution in [0.5, 0.6) is 0 Å². The van der Waals surface area contributed by atoms with Crippen LogP contribution in [-0.4, -0.2) is 24.4 Å². The van der Waals surface area contributed by atoms with Crippen molar-refractivity contribution in [3.05, 3.63) is 58.1 Å². The van der Waals surface area contributed by atoms with Crippen LogP contribution in [-0.2, 0) is 6.54 Å². The maximum absolute atomic E-state index is 12.5. The minimum absolute atomic E-state index is 0.146. The molecule has 120 valence electrons. The van der Waals surface area contributed by atoms with Crippen molar-refractivity contribution >= 4 is 28.3 Å². The molecule has 24 heavy (non-hydrogen) atoms. The molecule has 0 saturated carbocycles. The smallest absolute Gasteiger partial charge is 0.280 e. The number of aromatic nitrogens is 5. The number of rotatable bonds is 3. The van der Waals surface area contributed by atoms with Gasteiger partial charge in [0.25, 0.3) is 5.56 Å². The fourth-order valence-electron chi connectivity index (χ4n) is 2.78. The van der Waals surface area contributed by atoms with E-state index in [-0.39, 0.29) is 5.56 Å². The molecular weight excluding hydrogens is 326 g/mol. The van der Waals surface area contributed by atoms with E-state index in [1.807, 2.05) is 37.3 Å². The number of aryl methyl sites for hydroxylation is 1. The molecule has 0 aliphatic heterocycles. The van der Waals surface area contributed by atoms with Crippen molar-refractivity contribution in [1.29, 1.82) is 0 Å². The maximum atomic E-state index is 12.5. The zero-order valence-corrected chi connectivity index (χ0v) is 13.7. The van der Waals surface area contributed by atoms with Gasteiger partial charge in [-0.2, -0.15) is 5.10 Å². The highest BCUT2D eigenvalue weighted by Gasteiger charge is 2.14. The van der Waals surface area contributed by atoms with Crippen LogP contribution in [0.15, 0.2) is 47.5 Å². The Morgan fingerprint density at radius 1 is 1.12 bits per heavy atom. The van der Waals surface area contributed by atoms with Crippen LogP contribution in [0.4, 0.5) is 0 Å². The van der Waals surface area contributed by atoms with Crippen LogP contribution in [0.25, 0.3) is 27.8 Å². The largest absolute Gasteiger partial charge is 0.313 e. The molecule has 6 nitrogen and oxygen atoms in total. The van der Waals surface area contributed by atoms with Crippen LogP contribution >= 0.6 is 11.6 Å². The minimum Gasteiger partial charge on any atom is -0.313 e. The topological polar surface area (TPSA) is 65.1 Å². The molecule has 1 aromatic carbocycles. The predicted molar refractivity (Wildman–Crippen MR) is 93.3 cm³/mol. The molecule has 0 unspecified atom stereocenters. The Morgan fingerprint density at radius 3 is 2.67 bits per heavy atom. The Morgan fingerprint density at radius 2 is 1.92 bits per heavy atom. The number of hydrogen-bond acceptors (Lipinski definition) is 4. The summed E-state index contributed by atoms with van der Waals surface area (Å²) in [6.45, 7) is 2.68. The standard InChI is InChI=1S/C17H14ClN5O/c1-2-8-22-9-7-14-15(17(22)24)20-21-16-13(10-19-23(14)16)11-3-5-12(18)6-4-11/h3-7,9-10H,2,8H2,1H3. The number of hydrogen-bond donors (Lipinski definition) is 0. The van der Waals surface area contributed by atoms with E-state index in [0.29, 0.717) is 28.2 Å². The van der Waals surface area contributed by atoms with E-state index in [4.69, 9.17) is 11.6 Å². The highest BCUT2D eigenvalue weighted by atomic mass is 35.5. The van der Waals surface area contributed by atoms with E-state index in [0.717, 1.165) is 17.5 Å². The SMILES string of the molecule is CCCn1ccc2c(nnc3c(-c4ccc(Cl)cc4)cnn32)c1=O. The van der Waals surface area contributed by atoms with Gasteiger partial charge in [0.1, 0.15) is 5.52 Å². The summed E-state index contributed by atoms with van der Waals surface area (Å²) in [4.78, 5) is 12.5. The molecule has 0 atom stereocenters. The first-order chi connectivity index (χ1) is 11.7. The second-order valence-electron chi connectivity index (χ2n) is 5.55. The summed E-state index contributed by atoms with van der Waals surface area (Å²) in [6, 6.07) is 9.30. The third kappa shape index (κ3) is 2.27. The second kappa shape index (κ2) is 5.72. The van der Waals surface area contributed by atoms with Crippen molar-refractivity contribution in [2.24, 2.45) is 0 Å². The summed E-state index contributed by atoms with van der Waals surface area (Å²) in [7, 11) is 0. The summed E-state index contributed by atoms with van der Waals surface area (Å²) >= 11 is 5.94. The second-order valence-corrected chi connectivity index (χ2v) is 5.99. The Bertz CT molecular complexity index is 1100. The molecule has 0 aliphatic carbocycles. The van der Waals surface area contributed by atoms with Crippen LogP contribution < -0.4 is 5.56 Å². The lowest BCUT2D eigenvalue weighted by Crippen LogP contribution is -2.21. The van der Waals surface area contributed by atoms with Gasteiger partial charge in [0.2, 0.25) is 0 Å². The zero-order chi connectivity index (χ0) is 16.7. The molecule has 3 aromatic heterocycles. The van der Waals surface area contributed by atoms with Crippen molar-refractivity contribution < 1.29 is 0 Å². The quantitative estimate of drug-likeness (QED) is 0.575. The lowest BCUT2D eigenvalue weighted by atomic mass is 10.1. The molecule has 4 rings (SSSR count). The van der Waals surface area contributed by atoms with E-state index in [2.05, 4.69) is 15.3 Å². The predicted octanol–water partition coefficient (Wildman–Crippen LogP) is 3.17. The molecule has 0 saturated heterocycles. The van der Waals surface area contributed by atoms with Crippen molar-refractivity contribution in [2.45, 2.75) is 19.9 Å². The van der Waals surface area contributed by atoms with Crippen molar-refractivity contribution in [3.8, 4) is 11.1 Å². The summed E-state index contributed by atoms with van der Waals surface area (Å²) < 4.78 is 3.30. The van der Waals surface area contributed by atoms with E-state index >= 15 is 0 Å². The average Bonchev–Trinajstić information content (AvgIpc) is 3.02. The van der Waals surface area contributed by atoms with Gasteiger partial charge in [-0.3, -0.25) is 4.79 Å². The van der Waals surface area contributed by atoms with Gasteiger partial charge in [-0.05, 0) is 30.2 Å². The number of fused-ring (bicyclic) bond motifs is 3. The van der Waals surface area contributed by atoms with Gasteiger partial charge in [0, 0.05) is 23.3 Å². The normalized spacial score (nSPS) is 11.4. The Kier molecular flexibility index (Phi) is 3.54. The maximum Gasteiger partial charge on any atom is 0.280 e. The minimum atomic E-state index is -0.146.